The van der Waals surface area contributed by atoms with Crippen molar-refractivity contribution >= 4 is 0 Å². The summed E-state index contributed by atoms with van der Waals surface area (Å²) in [7, 11) is 0. The fourth-order valence-electron chi connectivity index (χ4n) is 1.48. The molecule has 0 aliphatic rings. The number of nitrogens with zero attached hydrogens (tertiary/aromatic N) is 1. The summed E-state index contributed by atoms with van der Waals surface area (Å²) in [5.41, 5.74) is 0. The summed E-state index contributed by atoms with van der Waals surface area (Å²) >= 11 is 0. The fraction of sp³-hybridized carbons (Fsp3) is 1.00. The van der Waals surface area contributed by atoms with Gasteiger partial charge in [0.05, 0.1) is 0 Å². The quantitative estimate of drug-likeness (QED) is 0.563. The van der Waals surface area contributed by atoms with Crippen molar-refractivity contribution < 1.29 is 17.1 Å². The van der Waals surface area contributed by atoms with Gasteiger partial charge in [-0.3, -0.25) is 0 Å². The average molecular weight is 249 g/mol. The van der Waals surface area contributed by atoms with Crippen molar-refractivity contribution in [3.8, 4) is 0 Å². The minimum Gasteiger partial charge on any atom is -0.303 e. The van der Waals surface area contributed by atoms with E-state index in [1.165, 1.54) is 58.2 Å². The van der Waals surface area contributed by atoms with Crippen LogP contribution in [-0.2, 0) is 17.1 Å². The van der Waals surface area contributed by atoms with Gasteiger partial charge in [0, 0.05) is 17.1 Å². The van der Waals surface area contributed by atoms with Crippen LogP contribution >= 0.6 is 0 Å². The van der Waals surface area contributed by atoms with E-state index in [1.54, 1.807) is 0 Å². The van der Waals surface area contributed by atoms with Crippen molar-refractivity contribution in [3.63, 3.8) is 0 Å². The molecule has 0 aromatic carbocycles. The van der Waals surface area contributed by atoms with Gasteiger partial charge in [-0.15, -0.1) is 0 Å². The van der Waals surface area contributed by atoms with Gasteiger partial charge in [0.2, 0.25) is 0 Å². The standard InChI is InChI=1S/C12H27N.Cu/c1-4-7-10-13(11-8-5-2)12-9-6-3;/h4-12H2,1-3H3;. The minimum absolute atomic E-state index is 0. The molecule has 0 bridgehead atoms. The molecule has 0 atom stereocenters. The van der Waals surface area contributed by atoms with Crippen LogP contribution in [0.2, 0.25) is 0 Å². The molecule has 0 saturated carbocycles. The van der Waals surface area contributed by atoms with Gasteiger partial charge in [0.1, 0.15) is 0 Å². The second kappa shape index (κ2) is 13.5. The van der Waals surface area contributed by atoms with Crippen LogP contribution in [0.15, 0.2) is 0 Å². The molecule has 0 N–H and O–H groups in total. The Morgan fingerprint density at radius 3 is 1.14 bits per heavy atom. The van der Waals surface area contributed by atoms with Crippen LogP contribution < -0.4 is 0 Å². The molecule has 0 rings (SSSR count). The SMILES string of the molecule is CCCCN(CCCC)CCCC.[Cu]. The van der Waals surface area contributed by atoms with Crippen molar-refractivity contribution in [2.24, 2.45) is 0 Å². The first-order chi connectivity index (χ1) is 6.35. The zero-order valence-corrected chi connectivity index (χ0v) is 11.1. The topological polar surface area (TPSA) is 3.24 Å². The summed E-state index contributed by atoms with van der Waals surface area (Å²) in [6, 6.07) is 0. The molecule has 91 valence electrons. The molecule has 0 aliphatic heterocycles. The normalized spacial score (nSPS) is 10.3. The van der Waals surface area contributed by atoms with Crippen LogP contribution in [-0.4, -0.2) is 24.5 Å². The summed E-state index contributed by atoms with van der Waals surface area (Å²) in [6.07, 6.45) is 8.09. The van der Waals surface area contributed by atoms with E-state index in [-0.39, 0.29) is 17.1 Å². The Balaban J connectivity index is 0. The van der Waals surface area contributed by atoms with Gasteiger partial charge >= 0.3 is 0 Å². The van der Waals surface area contributed by atoms with E-state index in [4.69, 9.17) is 0 Å². The summed E-state index contributed by atoms with van der Waals surface area (Å²) in [5, 5.41) is 0. The van der Waals surface area contributed by atoms with E-state index in [2.05, 4.69) is 25.7 Å². The first-order valence-corrected chi connectivity index (χ1v) is 6.07. The monoisotopic (exact) mass is 248 g/mol. The van der Waals surface area contributed by atoms with Crippen molar-refractivity contribution in [1.29, 1.82) is 0 Å². The molecule has 0 aromatic rings. The molecular weight excluding hydrogens is 222 g/mol. The van der Waals surface area contributed by atoms with Gasteiger partial charge in [0.25, 0.3) is 0 Å². The Hall–Kier alpha value is 0.479. The van der Waals surface area contributed by atoms with E-state index in [0.717, 1.165) is 0 Å². The number of rotatable bonds is 9. The summed E-state index contributed by atoms with van der Waals surface area (Å²) in [6.45, 7) is 10.8. The van der Waals surface area contributed by atoms with Crippen LogP contribution in [0.1, 0.15) is 59.3 Å². The van der Waals surface area contributed by atoms with Gasteiger partial charge in [-0.25, -0.2) is 0 Å². The van der Waals surface area contributed by atoms with E-state index in [9.17, 15) is 0 Å². The third-order valence-electron chi connectivity index (χ3n) is 2.48. The molecule has 0 amide bonds. The Morgan fingerprint density at radius 2 is 0.929 bits per heavy atom. The van der Waals surface area contributed by atoms with Crippen LogP contribution in [0, 0.1) is 0 Å². The predicted octanol–water partition coefficient (Wildman–Crippen LogP) is 3.69. The molecule has 0 spiro atoms. The van der Waals surface area contributed by atoms with Crippen molar-refractivity contribution in [3.05, 3.63) is 0 Å². The number of hydrogen-bond donors (Lipinski definition) is 0. The van der Waals surface area contributed by atoms with Gasteiger partial charge in [-0.1, -0.05) is 40.0 Å². The van der Waals surface area contributed by atoms with Crippen molar-refractivity contribution in [1.82, 2.24) is 4.90 Å². The third kappa shape index (κ3) is 10.6. The van der Waals surface area contributed by atoms with Crippen LogP contribution in [0.4, 0.5) is 0 Å². The Bertz CT molecular complexity index is 77.3. The second-order valence-corrected chi connectivity index (χ2v) is 3.90. The molecule has 0 saturated heterocycles. The summed E-state index contributed by atoms with van der Waals surface area (Å²) < 4.78 is 0. The third-order valence-corrected chi connectivity index (χ3v) is 2.48. The van der Waals surface area contributed by atoms with Crippen LogP contribution in [0.3, 0.4) is 0 Å². The van der Waals surface area contributed by atoms with E-state index in [1.807, 2.05) is 0 Å². The summed E-state index contributed by atoms with van der Waals surface area (Å²) in [5.74, 6) is 0. The second-order valence-electron chi connectivity index (χ2n) is 3.90. The summed E-state index contributed by atoms with van der Waals surface area (Å²) in [4.78, 5) is 2.64. The molecule has 14 heavy (non-hydrogen) atoms. The van der Waals surface area contributed by atoms with Crippen LogP contribution in [0.25, 0.3) is 0 Å². The molecule has 1 radical (unpaired) electrons. The molecule has 0 unspecified atom stereocenters. The van der Waals surface area contributed by atoms with Gasteiger partial charge in [-0.05, 0) is 38.9 Å². The van der Waals surface area contributed by atoms with E-state index < -0.39 is 0 Å². The maximum absolute atomic E-state index is 2.64. The minimum atomic E-state index is 0. The molecule has 0 fully saturated rings. The number of hydrogen-bond acceptors (Lipinski definition) is 1. The van der Waals surface area contributed by atoms with E-state index >= 15 is 0 Å². The average Bonchev–Trinajstić information content (AvgIpc) is 2.17. The smallest absolute Gasteiger partial charge is 0 e. The van der Waals surface area contributed by atoms with Crippen molar-refractivity contribution in [2.45, 2.75) is 59.3 Å². The maximum Gasteiger partial charge on any atom is 0 e. The van der Waals surface area contributed by atoms with Gasteiger partial charge < -0.3 is 4.90 Å². The first-order valence-electron chi connectivity index (χ1n) is 6.07. The Kier molecular flexibility index (Phi) is 16.3. The Labute approximate surface area is 101 Å². The predicted molar refractivity (Wildman–Crippen MR) is 61.2 cm³/mol. The van der Waals surface area contributed by atoms with Gasteiger partial charge in [0.15, 0.2) is 0 Å². The number of unbranched alkanes of at least 4 members (excludes halogenated alkanes) is 3. The zero-order valence-electron chi connectivity index (χ0n) is 10.1. The fourth-order valence-corrected chi connectivity index (χ4v) is 1.48. The van der Waals surface area contributed by atoms with E-state index in [0.29, 0.717) is 0 Å². The zero-order chi connectivity index (χ0) is 9.94. The van der Waals surface area contributed by atoms with Crippen molar-refractivity contribution in [2.75, 3.05) is 19.6 Å². The van der Waals surface area contributed by atoms with Gasteiger partial charge in [-0.2, -0.15) is 0 Å². The Morgan fingerprint density at radius 1 is 0.643 bits per heavy atom. The largest absolute Gasteiger partial charge is 0.303 e. The van der Waals surface area contributed by atoms with Crippen LogP contribution in [0.5, 0.6) is 0 Å². The maximum atomic E-state index is 2.64. The first kappa shape index (κ1) is 16.9. The molecule has 0 heterocycles. The molecule has 1 nitrogen and oxygen atoms in total. The molecule has 0 aromatic heterocycles. The molecular formula is C12H27CuN. The molecule has 2 heteroatoms. The molecule has 0 aliphatic carbocycles.